The SMILES string of the molecule is Cc1cc(-c2cc(C(C)C)c(CC(=O)N=S(N)(=O)c3ccc(CN(C)C)cc3)c(C(C)C)c2)ccc1F. The number of hydrogen-bond acceptors (Lipinski definition) is 3. The molecule has 1 atom stereocenters. The molecule has 0 aromatic heterocycles. The van der Waals surface area contributed by atoms with Gasteiger partial charge >= 0.3 is 0 Å². The Bertz CT molecular complexity index is 1370. The number of aryl methyl sites for hydroxylation is 1. The van der Waals surface area contributed by atoms with Crippen molar-refractivity contribution in [2.24, 2.45) is 9.50 Å². The number of nitrogens with zero attached hydrogens (tertiary/aromatic N) is 2. The minimum Gasteiger partial charge on any atom is -0.305 e. The lowest BCUT2D eigenvalue weighted by Crippen LogP contribution is -2.17. The van der Waals surface area contributed by atoms with Gasteiger partial charge in [-0.3, -0.25) is 4.79 Å². The van der Waals surface area contributed by atoms with Crippen molar-refractivity contribution in [2.45, 2.75) is 64.3 Å². The van der Waals surface area contributed by atoms with Gasteiger partial charge in [-0.1, -0.05) is 58.0 Å². The average Bonchev–Trinajstić information content (AvgIpc) is 2.80. The van der Waals surface area contributed by atoms with Gasteiger partial charge in [-0.2, -0.15) is 0 Å². The largest absolute Gasteiger partial charge is 0.305 e. The van der Waals surface area contributed by atoms with Crippen molar-refractivity contribution in [1.82, 2.24) is 4.90 Å². The molecule has 0 saturated heterocycles. The first-order valence-corrected chi connectivity index (χ1v) is 14.1. The number of nitrogens with two attached hydrogens (primary N) is 1. The summed E-state index contributed by atoms with van der Waals surface area (Å²) >= 11 is 0. The van der Waals surface area contributed by atoms with E-state index < -0.39 is 15.8 Å². The van der Waals surface area contributed by atoms with Crippen LogP contribution in [0, 0.1) is 12.7 Å². The molecule has 1 amide bonds. The Balaban J connectivity index is 2.01. The Morgan fingerprint density at radius 1 is 0.946 bits per heavy atom. The van der Waals surface area contributed by atoms with Crippen molar-refractivity contribution in [3.05, 3.63) is 88.2 Å². The first kappa shape index (κ1) is 28.7. The summed E-state index contributed by atoms with van der Waals surface area (Å²) in [6.45, 7) is 10.8. The molecule has 2 N–H and O–H groups in total. The third-order valence-corrected chi connectivity index (χ3v) is 7.80. The highest BCUT2D eigenvalue weighted by Crippen LogP contribution is 2.34. The van der Waals surface area contributed by atoms with E-state index in [9.17, 15) is 13.4 Å². The van der Waals surface area contributed by atoms with Crippen LogP contribution in [0.25, 0.3) is 11.1 Å². The highest BCUT2D eigenvalue weighted by Gasteiger charge is 2.20. The number of carbonyl (C=O) groups is 1. The van der Waals surface area contributed by atoms with E-state index in [4.69, 9.17) is 5.14 Å². The summed E-state index contributed by atoms with van der Waals surface area (Å²) in [6, 6.07) is 16.3. The summed E-state index contributed by atoms with van der Waals surface area (Å²) < 4.78 is 31.1. The molecule has 0 aliphatic carbocycles. The summed E-state index contributed by atoms with van der Waals surface area (Å²) in [5, 5.41) is 6.07. The lowest BCUT2D eigenvalue weighted by molar-refractivity contribution is -0.117. The van der Waals surface area contributed by atoms with Crippen LogP contribution >= 0.6 is 0 Å². The molecule has 3 aromatic carbocycles. The van der Waals surface area contributed by atoms with E-state index in [0.29, 0.717) is 10.5 Å². The summed E-state index contributed by atoms with van der Waals surface area (Å²) in [6.07, 6.45) is 0.0106. The van der Waals surface area contributed by atoms with Gasteiger partial charge in [-0.25, -0.2) is 13.7 Å². The fourth-order valence-electron chi connectivity index (χ4n) is 4.49. The summed E-state index contributed by atoms with van der Waals surface area (Å²) in [5.74, 6) is -0.487. The molecule has 0 fully saturated rings. The van der Waals surface area contributed by atoms with Crippen LogP contribution < -0.4 is 5.14 Å². The van der Waals surface area contributed by atoms with Crippen LogP contribution in [0.4, 0.5) is 4.39 Å². The minimum absolute atomic E-state index is 0.0106. The number of rotatable bonds is 8. The van der Waals surface area contributed by atoms with E-state index >= 15 is 0 Å². The third-order valence-electron chi connectivity index (χ3n) is 6.38. The predicted octanol–water partition coefficient (Wildman–Crippen LogP) is 6.58. The van der Waals surface area contributed by atoms with Crippen molar-refractivity contribution in [2.75, 3.05) is 14.1 Å². The minimum atomic E-state index is -3.37. The van der Waals surface area contributed by atoms with E-state index in [1.165, 1.54) is 6.07 Å². The van der Waals surface area contributed by atoms with Gasteiger partial charge in [0.1, 0.15) is 15.7 Å². The molecular weight excluding hydrogens is 485 g/mol. The molecule has 0 radical (unpaired) electrons. The van der Waals surface area contributed by atoms with Crippen LogP contribution in [-0.4, -0.2) is 29.1 Å². The van der Waals surface area contributed by atoms with Gasteiger partial charge in [0.05, 0.1) is 11.3 Å². The molecule has 0 aliphatic rings. The fourth-order valence-corrected chi connectivity index (χ4v) is 5.48. The van der Waals surface area contributed by atoms with Crippen LogP contribution in [0.3, 0.4) is 0 Å². The number of halogens is 1. The molecule has 198 valence electrons. The Kier molecular flexibility index (Phi) is 9.05. The zero-order valence-corrected chi connectivity index (χ0v) is 23.7. The molecule has 0 spiro atoms. The van der Waals surface area contributed by atoms with Gasteiger partial charge < -0.3 is 4.90 Å². The van der Waals surface area contributed by atoms with Gasteiger partial charge in [0.25, 0.3) is 5.91 Å². The maximum atomic E-state index is 13.9. The summed E-state index contributed by atoms with van der Waals surface area (Å²) in [7, 11) is 0.566. The second-order valence-corrected chi connectivity index (χ2v) is 12.3. The molecule has 0 aliphatic heterocycles. The third kappa shape index (κ3) is 7.12. The van der Waals surface area contributed by atoms with Crippen molar-refractivity contribution in [3.63, 3.8) is 0 Å². The van der Waals surface area contributed by atoms with E-state index in [0.717, 1.165) is 39.9 Å². The van der Waals surface area contributed by atoms with Crippen LogP contribution in [0.1, 0.15) is 67.3 Å². The fraction of sp³-hybridized carbons (Fsp3) is 0.367. The Labute approximate surface area is 221 Å². The number of carbonyl (C=O) groups excluding carboxylic acids is 1. The lowest BCUT2D eigenvalue weighted by atomic mass is 9.84. The van der Waals surface area contributed by atoms with Gasteiger partial charge in [0, 0.05) is 6.54 Å². The highest BCUT2D eigenvalue weighted by molar-refractivity contribution is 7.91. The summed E-state index contributed by atoms with van der Waals surface area (Å²) in [5.41, 5.74) is 6.46. The first-order chi connectivity index (χ1) is 17.3. The van der Waals surface area contributed by atoms with Crippen molar-refractivity contribution in [3.8, 4) is 11.1 Å². The molecule has 0 bridgehead atoms. The Hall–Kier alpha value is -2.87. The van der Waals surface area contributed by atoms with Crippen LogP contribution in [0.15, 0.2) is 63.9 Å². The van der Waals surface area contributed by atoms with E-state index in [1.54, 1.807) is 25.1 Å². The van der Waals surface area contributed by atoms with E-state index in [1.807, 2.05) is 37.2 Å². The van der Waals surface area contributed by atoms with Crippen molar-refractivity contribution in [1.29, 1.82) is 0 Å². The highest BCUT2D eigenvalue weighted by atomic mass is 32.2. The maximum absolute atomic E-state index is 13.9. The van der Waals surface area contributed by atoms with Gasteiger partial charge in [0.2, 0.25) is 0 Å². The van der Waals surface area contributed by atoms with Crippen LogP contribution in [0.5, 0.6) is 0 Å². The molecule has 37 heavy (non-hydrogen) atoms. The molecule has 1 unspecified atom stereocenters. The van der Waals surface area contributed by atoms with E-state index in [-0.39, 0.29) is 24.1 Å². The number of benzene rings is 3. The monoisotopic (exact) mass is 523 g/mol. The average molecular weight is 524 g/mol. The van der Waals surface area contributed by atoms with Gasteiger partial charge in [-0.05, 0) is 96.1 Å². The smallest absolute Gasteiger partial charge is 0.259 e. The van der Waals surface area contributed by atoms with Crippen molar-refractivity contribution < 1.29 is 13.4 Å². The number of hydrogen-bond donors (Lipinski definition) is 1. The zero-order chi connectivity index (χ0) is 27.5. The molecule has 3 rings (SSSR count). The first-order valence-electron chi connectivity index (χ1n) is 12.5. The molecule has 7 heteroatoms. The Morgan fingerprint density at radius 3 is 2.00 bits per heavy atom. The maximum Gasteiger partial charge on any atom is 0.259 e. The second kappa shape index (κ2) is 11.7. The summed E-state index contributed by atoms with van der Waals surface area (Å²) in [4.78, 5) is 15.5. The predicted molar refractivity (Wildman–Crippen MR) is 150 cm³/mol. The lowest BCUT2D eigenvalue weighted by Gasteiger charge is -2.21. The van der Waals surface area contributed by atoms with Crippen LogP contribution in [0.2, 0.25) is 0 Å². The molecule has 0 saturated carbocycles. The van der Waals surface area contributed by atoms with Gasteiger partial charge in [-0.15, -0.1) is 4.36 Å². The normalized spacial score (nSPS) is 13.3. The second-order valence-electron chi connectivity index (χ2n) is 10.5. The Morgan fingerprint density at radius 2 is 1.51 bits per heavy atom. The molecular formula is C30H38FN3O2S. The quantitative estimate of drug-likeness (QED) is 0.362. The van der Waals surface area contributed by atoms with Crippen molar-refractivity contribution >= 4 is 15.8 Å². The van der Waals surface area contributed by atoms with Gasteiger partial charge in [0.15, 0.2) is 0 Å². The van der Waals surface area contributed by atoms with E-state index in [2.05, 4.69) is 44.2 Å². The standard InChI is InChI=1S/C30H38FN3O2S/c1-19(2)26-15-24(23-10-13-29(31)21(5)14-23)16-27(20(3)4)28(26)17-30(35)33-37(32,36)25-11-8-22(9-12-25)18-34(6)7/h8-16,19-20H,17-18H2,1-7H3,(H2,32,33,35,36). The number of amides is 1. The topological polar surface area (TPSA) is 75.8 Å². The molecule has 5 nitrogen and oxygen atoms in total. The van der Waals surface area contributed by atoms with Crippen LogP contribution in [-0.2, 0) is 27.7 Å². The molecule has 3 aromatic rings. The zero-order valence-electron chi connectivity index (χ0n) is 22.8. The molecule has 0 heterocycles.